The lowest BCUT2D eigenvalue weighted by atomic mass is 10.3. The largest absolute Gasteiger partial charge is 0.459 e. The molecule has 0 saturated carbocycles. The lowest BCUT2D eigenvalue weighted by Crippen LogP contribution is -2.52. The second-order valence-corrected chi connectivity index (χ2v) is 7.02. The van der Waals surface area contributed by atoms with E-state index in [-0.39, 0.29) is 29.9 Å². The molecule has 0 atom stereocenters. The van der Waals surface area contributed by atoms with Gasteiger partial charge >= 0.3 is 0 Å². The summed E-state index contributed by atoms with van der Waals surface area (Å²) in [5, 5.41) is 7.15. The molecule has 0 unspecified atom stereocenters. The summed E-state index contributed by atoms with van der Waals surface area (Å²) >= 11 is 1.47. The lowest BCUT2D eigenvalue weighted by Gasteiger charge is -2.36. The van der Waals surface area contributed by atoms with E-state index >= 15 is 0 Å². The number of guanidine groups is 1. The van der Waals surface area contributed by atoms with E-state index < -0.39 is 0 Å². The number of nitrogens with zero attached hydrogens (tertiary/aromatic N) is 5. The molecule has 2 N–H and O–H groups in total. The number of rotatable bonds is 7. The number of nitrogens with one attached hydrogen (secondary N) is 2. The first-order valence-corrected chi connectivity index (χ1v) is 10.4. The number of piperazine rings is 1. The van der Waals surface area contributed by atoms with Crippen LogP contribution < -0.4 is 15.5 Å². The molecule has 160 valence electrons. The minimum absolute atomic E-state index is 0. The normalized spacial score (nSPS) is 14.5. The van der Waals surface area contributed by atoms with Gasteiger partial charge in [0.2, 0.25) is 5.13 Å². The lowest BCUT2D eigenvalue weighted by molar-refractivity contribution is 0.0927. The van der Waals surface area contributed by atoms with Gasteiger partial charge in [-0.1, -0.05) is 6.92 Å². The number of hydrogen-bond donors (Lipinski definition) is 2. The number of amides is 1. The average molecular weight is 533 g/mol. The van der Waals surface area contributed by atoms with E-state index in [9.17, 15) is 4.79 Å². The molecule has 2 aromatic heterocycles. The van der Waals surface area contributed by atoms with Crippen molar-refractivity contribution in [2.24, 2.45) is 4.99 Å². The molecule has 1 saturated heterocycles. The average Bonchev–Trinajstić information content (AvgIpc) is 3.42. The minimum atomic E-state index is -0.220. The zero-order valence-electron chi connectivity index (χ0n) is 16.8. The van der Waals surface area contributed by atoms with Crippen LogP contribution in [0.2, 0.25) is 0 Å². The Balaban J connectivity index is 0.00000300. The Morgan fingerprint density at radius 1 is 1.28 bits per heavy atom. The quantitative estimate of drug-likeness (QED) is 0.243. The van der Waals surface area contributed by atoms with Gasteiger partial charge in [-0.15, -0.1) is 24.0 Å². The molecule has 0 aromatic carbocycles. The maximum atomic E-state index is 11.9. The second-order valence-electron chi connectivity index (χ2n) is 6.29. The van der Waals surface area contributed by atoms with Crippen LogP contribution in [0.5, 0.6) is 0 Å². The molecule has 0 radical (unpaired) electrons. The third-order valence-corrected chi connectivity index (χ3v) is 5.18. The molecule has 0 spiro atoms. The van der Waals surface area contributed by atoms with Crippen LogP contribution >= 0.6 is 35.5 Å². The molecule has 9 nitrogen and oxygen atoms in total. The highest BCUT2D eigenvalue weighted by Crippen LogP contribution is 2.19. The number of carbonyl (C=O) groups excluding carboxylic acids is 1. The van der Waals surface area contributed by atoms with Gasteiger partial charge in [0.05, 0.1) is 12.8 Å². The molecule has 2 aromatic rings. The molecular weight excluding hydrogens is 505 g/mol. The number of aliphatic imine (C=N–C) groups is 1. The standard InChI is InChI=1S/C18H27N7O2S.HI/c1-3-15-22-18(28-23-15)25-11-9-24(10-12-25)17(19-4-2)21-8-7-20-16(26)14-6-5-13-27-14;/h5-6,13H,3-4,7-12H2,1-2H3,(H,19,21)(H,20,26);1H. The van der Waals surface area contributed by atoms with Gasteiger partial charge in [0.25, 0.3) is 5.91 Å². The molecule has 3 heterocycles. The summed E-state index contributed by atoms with van der Waals surface area (Å²) in [6.45, 7) is 9.39. The fourth-order valence-electron chi connectivity index (χ4n) is 2.88. The summed E-state index contributed by atoms with van der Waals surface area (Å²) < 4.78 is 9.45. The maximum Gasteiger partial charge on any atom is 0.287 e. The topological polar surface area (TPSA) is 98.9 Å². The van der Waals surface area contributed by atoms with Gasteiger partial charge in [0, 0.05) is 57.2 Å². The summed E-state index contributed by atoms with van der Waals surface area (Å²) in [4.78, 5) is 25.6. The van der Waals surface area contributed by atoms with E-state index in [0.717, 1.165) is 56.1 Å². The summed E-state index contributed by atoms with van der Waals surface area (Å²) in [6, 6.07) is 3.34. The molecule has 1 aliphatic heterocycles. The zero-order valence-corrected chi connectivity index (χ0v) is 19.9. The third-order valence-electron chi connectivity index (χ3n) is 4.36. The van der Waals surface area contributed by atoms with Gasteiger partial charge < -0.3 is 24.9 Å². The van der Waals surface area contributed by atoms with Crippen molar-refractivity contribution >= 4 is 52.5 Å². The zero-order chi connectivity index (χ0) is 19.8. The molecule has 0 aliphatic carbocycles. The van der Waals surface area contributed by atoms with Crippen molar-refractivity contribution in [3.05, 3.63) is 30.0 Å². The van der Waals surface area contributed by atoms with Gasteiger partial charge in [-0.25, -0.2) is 4.98 Å². The second kappa shape index (κ2) is 12.0. The highest BCUT2D eigenvalue weighted by molar-refractivity contribution is 14.0. The molecule has 3 rings (SSSR count). The van der Waals surface area contributed by atoms with Gasteiger partial charge in [0.15, 0.2) is 11.7 Å². The Hall–Kier alpha value is -1.89. The van der Waals surface area contributed by atoms with Crippen molar-refractivity contribution in [2.75, 3.05) is 50.7 Å². The molecule has 11 heteroatoms. The Morgan fingerprint density at radius 3 is 2.69 bits per heavy atom. The monoisotopic (exact) mass is 533 g/mol. The van der Waals surface area contributed by atoms with Gasteiger partial charge in [-0.2, -0.15) is 4.37 Å². The van der Waals surface area contributed by atoms with Crippen LogP contribution in [0.4, 0.5) is 5.13 Å². The van der Waals surface area contributed by atoms with E-state index in [0.29, 0.717) is 18.8 Å². The van der Waals surface area contributed by atoms with Crippen LogP contribution in [-0.4, -0.2) is 71.9 Å². The van der Waals surface area contributed by atoms with Crippen molar-refractivity contribution in [2.45, 2.75) is 20.3 Å². The van der Waals surface area contributed by atoms with Gasteiger partial charge in [-0.05, 0) is 19.1 Å². The number of aromatic nitrogens is 2. The number of furan rings is 1. The summed E-state index contributed by atoms with van der Waals surface area (Å²) in [5.74, 6) is 1.88. The molecule has 0 bridgehead atoms. The van der Waals surface area contributed by atoms with Crippen LogP contribution in [0.3, 0.4) is 0 Å². The number of carbonyl (C=O) groups is 1. The smallest absolute Gasteiger partial charge is 0.287 e. The molecule has 1 amide bonds. The van der Waals surface area contributed by atoms with E-state index in [1.54, 1.807) is 12.1 Å². The highest BCUT2D eigenvalue weighted by Gasteiger charge is 2.22. The first-order chi connectivity index (χ1) is 13.7. The van der Waals surface area contributed by atoms with Crippen LogP contribution in [0.1, 0.15) is 30.2 Å². The van der Waals surface area contributed by atoms with Crippen LogP contribution in [0.15, 0.2) is 27.8 Å². The summed E-state index contributed by atoms with van der Waals surface area (Å²) in [6.07, 6.45) is 2.35. The van der Waals surface area contributed by atoms with Crippen LogP contribution in [0.25, 0.3) is 0 Å². The summed E-state index contributed by atoms with van der Waals surface area (Å²) in [5.41, 5.74) is 0. The predicted molar refractivity (Wildman–Crippen MR) is 126 cm³/mol. The highest BCUT2D eigenvalue weighted by atomic mass is 127. The van der Waals surface area contributed by atoms with Crippen LogP contribution in [-0.2, 0) is 6.42 Å². The fourth-order valence-corrected chi connectivity index (χ4v) is 3.68. The fraction of sp³-hybridized carbons (Fsp3) is 0.556. The van der Waals surface area contributed by atoms with Gasteiger partial charge in [-0.3, -0.25) is 9.79 Å². The van der Waals surface area contributed by atoms with Crippen molar-refractivity contribution in [3.8, 4) is 0 Å². The number of halogens is 1. The van der Waals surface area contributed by atoms with Crippen molar-refractivity contribution in [3.63, 3.8) is 0 Å². The van der Waals surface area contributed by atoms with Crippen molar-refractivity contribution < 1.29 is 9.21 Å². The minimum Gasteiger partial charge on any atom is -0.459 e. The van der Waals surface area contributed by atoms with E-state index in [1.165, 1.54) is 17.8 Å². The number of hydrogen-bond acceptors (Lipinski definition) is 7. The Bertz CT molecular complexity index is 773. The first-order valence-electron chi connectivity index (χ1n) is 9.63. The summed E-state index contributed by atoms with van der Waals surface area (Å²) in [7, 11) is 0. The molecule has 1 fully saturated rings. The SMILES string of the molecule is CCNC(=NCCNC(=O)c1ccco1)N1CCN(c2nc(CC)ns2)CC1.I. The van der Waals surface area contributed by atoms with Crippen LogP contribution in [0, 0.1) is 0 Å². The number of anilines is 1. The molecule has 1 aliphatic rings. The Labute approximate surface area is 192 Å². The maximum absolute atomic E-state index is 11.9. The van der Waals surface area contributed by atoms with Crippen molar-refractivity contribution in [1.82, 2.24) is 24.9 Å². The first kappa shape index (κ1) is 23.4. The molecule has 29 heavy (non-hydrogen) atoms. The van der Waals surface area contributed by atoms with Gasteiger partial charge in [0.1, 0.15) is 5.82 Å². The number of aryl methyl sites for hydroxylation is 1. The van der Waals surface area contributed by atoms with E-state index in [4.69, 9.17) is 4.42 Å². The molecular formula is C18H28IN7O2S. The van der Waals surface area contributed by atoms with Crippen molar-refractivity contribution in [1.29, 1.82) is 0 Å². The third kappa shape index (κ3) is 6.56. The van der Waals surface area contributed by atoms with E-state index in [1.807, 2.05) is 0 Å². The Kier molecular flexibility index (Phi) is 9.64. The predicted octanol–water partition coefficient (Wildman–Crippen LogP) is 1.83. The Morgan fingerprint density at radius 2 is 2.07 bits per heavy atom. The van der Waals surface area contributed by atoms with E-state index in [2.05, 4.69) is 48.6 Å².